The lowest BCUT2D eigenvalue weighted by Gasteiger charge is -2.43. The van der Waals surface area contributed by atoms with Crippen LogP contribution in [0.2, 0.25) is 0 Å². The van der Waals surface area contributed by atoms with E-state index in [0.29, 0.717) is 12.2 Å². The zero-order chi connectivity index (χ0) is 26.3. The SMILES string of the molecule is CNCc1cnn(CC2C(NC(=O)/C(=N\OC3(C(=O)O)CC3)c3csc(N)n3)C(=O)N2S(=O)(=O)O)n1. The number of carbonyl (C=O) groups is 3. The summed E-state index contributed by atoms with van der Waals surface area (Å²) in [5.74, 6) is -3.38. The third-order valence-corrected chi connectivity index (χ3v) is 7.00. The first-order valence-corrected chi connectivity index (χ1v) is 12.6. The van der Waals surface area contributed by atoms with Crippen LogP contribution in [0.15, 0.2) is 16.7 Å². The predicted molar refractivity (Wildman–Crippen MR) is 121 cm³/mol. The highest BCUT2D eigenvalue weighted by Gasteiger charge is 2.56. The first-order valence-electron chi connectivity index (χ1n) is 10.3. The lowest BCUT2D eigenvalue weighted by Crippen LogP contribution is -2.73. The number of nitrogens with zero attached hydrogens (tertiary/aromatic N) is 6. The number of carboxylic acid groups (broad SMARTS) is 1. The Morgan fingerprint density at radius 3 is 2.69 bits per heavy atom. The van der Waals surface area contributed by atoms with Crippen molar-refractivity contribution in [2.24, 2.45) is 5.16 Å². The summed E-state index contributed by atoms with van der Waals surface area (Å²) in [7, 11) is -3.26. The molecule has 0 aromatic carbocycles. The highest BCUT2D eigenvalue weighted by Crippen LogP contribution is 2.40. The first-order chi connectivity index (χ1) is 16.9. The lowest BCUT2D eigenvalue weighted by molar-refractivity contribution is -0.153. The molecule has 2 aliphatic rings. The van der Waals surface area contributed by atoms with E-state index < -0.39 is 51.5 Å². The average Bonchev–Trinajstić information content (AvgIpc) is 3.27. The standard InChI is InChI=1S/C17H21N9O8S2/c1-19-4-8-5-20-25(23-8)6-10-12(14(28)26(10)36(31,32)33)22-13(27)11(9-7-35-16(18)21-9)24-34-17(2-3-17)15(29)30/h5,7,10,12,19H,2-4,6H2,1H3,(H2,18,21)(H,22,27)(H,29,30)(H,31,32,33)/b24-11-. The molecule has 6 N–H and O–H groups in total. The van der Waals surface area contributed by atoms with E-state index in [0.717, 1.165) is 16.1 Å². The molecule has 2 aromatic heterocycles. The first kappa shape index (κ1) is 25.4. The van der Waals surface area contributed by atoms with Crippen LogP contribution in [-0.4, -0.2) is 90.6 Å². The van der Waals surface area contributed by atoms with Crippen molar-refractivity contribution in [1.82, 2.24) is 34.9 Å². The van der Waals surface area contributed by atoms with Crippen LogP contribution in [-0.2, 0) is 42.6 Å². The van der Waals surface area contributed by atoms with Crippen LogP contribution in [0, 0.1) is 0 Å². The third-order valence-electron chi connectivity index (χ3n) is 5.38. The second-order valence-electron chi connectivity index (χ2n) is 7.95. The Bertz CT molecular complexity index is 1330. The van der Waals surface area contributed by atoms with Crippen molar-refractivity contribution >= 4 is 50.3 Å². The number of nitrogens with one attached hydrogen (secondary N) is 2. The van der Waals surface area contributed by atoms with Crippen LogP contribution in [0.3, 0.4) is 0 Å². The Morgan fingerprint density at radius 2 is 2.14 bits per heavy atom. The van der Waals surface area contributed by atoms with Gasteiger partial charge in [0, 0.05) is 24.8 Å². The fraction of sp³-hybridized carbons (Fsp3) is 0.471. The number of nitrogens with two attached hydrogens (primary N) is 1. The Hall–Kier alpha value is -3.68. The van der Waals surface area contributed by atoms with E-state index in [2.05, 4.69) is 31.0 Å². The number of hydrogen-bond acceptors (Lipinski definition) is 13. The minimum atomic E-state index is -4.95. The zero-order valence-corrected chi connectivity index (χ0v) is 20.2. The van der Waals surface area contributed by atoms with Gasteiger partial charge in [0.15, 0.2) is 10.8 Å². The largest absolute Gasteiger partial charge is 0.478 e. The molecule has 1 saturated carbocycles. The molecule has 0 bridgehead atoms. The van der Waals surface area contributed by atoms with Crippen LogP contribution in [0.4, 0.5) is 5.13 Å². The number of amides is 2. The number of anilines is 1. The van der Waals surface area contributed by atoms with Gasteiger partial charge in [0.25, 0.3) is 11.8 Å². The molecule has 2 fully saturated rings. The Kier molecular flexibility index (Phi) is 6.64. The van der Waals surface area contributed by atoms with Crippen molar-refractivity contribution in [3.8, 4) is 0 Å². The van der Waals surface area contributed by atoms with Gasteiger partial charge in [-0.1, -0.05) is 5.16 Å². The molecule has 2 unspecified atom stereocenters. The number of nitrogen functional groups attached to an aromatic ring is 1. The number of rotatable bonds is 11. The number of hydrogen-bond donors (Lipinski definition) is 5. The number of oxime groups is 1. The molecule has 19 heteroatoms. The van der Waals surface area contributed by atoms with Crippen LogP contribution in [0.1, 0.15) is 24.2 Å². The third kappa shape index (κ3) is 4.98. The van der Waals surface area contributed by atoms with Crippen molar-refractivity contribution in [3.63, 3.8) is 0 Å². The van der Waals surface area contributed by atoms with Crippen LogP contribution < -0.4 is 16.4 Å². The van der Waals surface area contributed by atoms with E-state index in [9.17, 15) is 32.5 Å². The van der Waals surface area contributed by atoms with E-state index in [4.69, 9.17) is 10.6 Å². The summed E-state index contributed by atoms with van der Waals surface area (Å²) in [5.41, 5.74) is 4.07. The molecule has 2 aromatic rings. The number of aromatic nitrogens is 4. The monoisotopic (exact) mass is 543 g/mol. The predicted octanol–water partition coefficient (Wildman–Crippen LogP) is -2.43. The summed E-state index contributed by atoms with van der Waals surface area (Å²) < 4.78 is 33.3. The lowest BCUT2D eigenvalue weighted by atomic mass is 9.98. The minimum Gasteiger partial charge on any atom is -0.478 e. The van der Waals surface area contributed by atoms with Gasteiger partial charge in [-0.3, -0.25) is 14.1 Å². The van der Waals surface area contributed by atoms with E-state index in [1.165, 1.54) is 11.6 Å². The van der Waals surface area contributed by atoms with Gasteiger partial charge in [-0.2, -0.15) is 23.4 Å². The molecule has 17 nitrogen and oxygen atoms in total. The number of thiazole rings is 1. The molecular formula is C17H21N9O8S2. The summed E-state index contributed by atoms with van der Waals surface area (Å²) >= 11 is 0.978. The van der Waals surface area contributed by atoms with E-state index in [1.807, 2.05) is 0 Å². The van der Waals surface area contributed by atoms with E-state index in [-0.39, 0.29) is 34.5 Å². The van der Waals surface area contributed by atoms with Gasteiger partial charge in [0.05, 0.1) is 18.4 Å². The molecule has 3 heterocycles. The molecule has 4 rings (SSSR count). The minimum absolute atomic E-state index is 0.0448. The van der Waals surface area contributed by atoms with Crippen molar-refractivity contribution in [2.75, 3.05) is 12.8 Å². The second-order valence-corrected chi connectivity index (χ2v) is 10.1. The molecule has 2 amide bonds. The van der Waals surface area contributed by atoms with Crippen LogP contribution in [0.5, 0.6) is 0 Å². The fourth-order valence-corrected chi connectivity index (χ4v) is 4.81. The van der Waals surface area contributed by atoms with Gasteiger partial charge in [0.1, 0.15) is 17.8 Å². The normalized spacial score (nSPS) is 21.1. The van der Waals surface area contributed by atoms with Gasteiger partial charge in [-0.25, -0.2) is 14.1 Å². The number of β-lactam (4-membered cyclic amide) rings is 1. The second kappa shape index (κ2) is 9.41. The van der Waals surface area contributed by atoms with Gasteiger partial charge in [-0.05, 0) is 7.05 Å². The van der Waals surface area contributed by atoms with Gasteiger partial charge in [0.2, 0.25) is 5.60 Å². The highest BCUT2D eigenvalue weighted by atomic mass is 32.2. The number of carboxylic acids is 1. The zero-order valence-electron chi connectivity index (χ0n) is 18.6. The summed E-state index contributed by atoms with van der Waals surface area (Å²) in [5, 5.41) is 27.8. The molecule has 0 radical (unpaired) electrons. The fourth-order valence-electron chi connectivity index (χ4n) is 3.39. The Balaban J connectivity index is 1.57. The number of carbonyl (C=O) groups excluding carboxylic acids is 2. The topological polar surface area (TPSA) is 244 Å². The summed E-state index contributed by atoms with van der Waals surface area (Å²) in [6.45, 7) is 0.0924. The van der Waals surface area contributed by atoms with Crippen LogP contribution in [0.25, 0.3) is 0 Å². The average molecular weight is 544 g/mol. The Labute approximate surface area is 207 Å². The van der Waals surface area contributed by atoms with Crippen molar-refractivity contribution < 1.29 is 37.3 Å². The molecule has 1 aliphatic carbocycles. The molecule has 0 spiro atoms. The van der Waals surface area contributed by atoms with Crippen molar-refractivity contribution in [1.29, 1.82) is 0 Å². The summed E-state index contributed by atoms with van der Waals surface area (Å²) in [4.78, 5) is 47.2. The van der Waals surface area contributed by atoms with Gasteiger partial charge < -0.3 is 26.3 Å². The maximum atomic E-state index is 13.1. The maximum Gasteiger partial charge on any atom is 0.362 e. The Morgan fingerprint density at radius 1 is 1.42 bits per heavy atom. The van der Waals surface area contributed by atoms with Gasteiger partial charge in [-0.15, -0.1) is 11.3 Å². The van der Waals surface area contributed by atoms with E-state index >= 15 is 0 Å². The highest BCUT2D eigenvalue weighted by molar-refractivity contribution is 7.84. The summed E-state index contributed by atoms with van der Waals surface area (Å²) in [6, 6.07) is -2.70. The molecule has 1 aliphatic heterocycles. The quantitative estimate of drug-likeness (QED) is 0.0857. The summed E-state index contributed by atoms with van der Waals surface area (Å²) in [6.07, 6.45) is 1.78. The maximum absolute atomic E-state index is 13.1. The molecule has 2 atom stereocenters. The molecular weight excluding hydrogens is 522 g/mol. The molecule has 36 heavy (non-hydrogen) atoms. The molecule has 194 valence electrons. The van der Waals surface area contributed by atoms with Crippen molar-refractivity contribution in [2.45, 2.75) is 43.6 Å². The number of aliphatic carboxylic acids is 1. The van der Waals surface area contributed by atoms with E-state index in [1.54, 1.807) is 7.05 Å². The smallest absolute Gasteiger partial charge is 0.362 e. The van der Waals surface area contributed by atoms with Crippen LogP contribution >= 0.6 is 11.3 Å². The van der Waals surface area contributed by atoms with Crippen molar-refractivity contribution in [3.05, 3.63) is 23.0 Å². The molecule has 1 saturated heterocycles. The van der Waals surface area contributed by atoms with Gasteiger partial charge >= 0.3 is 16.3 Å².